The topological polar surface area (TPSA) is 35.2 Å². The SMILES string of the molecule is COc1cccc(C2(CCN)CCC2)c1Br. The van der Waals surface area contributed by atoms with Crippen molar-refractivity contribution >= 4 is 15.9 Å². The van der Waals surface area contributed by atoms with E-state index in [4.69, 9.17) is 10.5 Å². The Morgan fingerprint density at radius 1 is 1.44 bits per heavy atom. The lowest BCUT2D eigenvalue weighted by Gasteiger charge is -2.43. The Balaban J connectivity index is 2.38. The molecule has 0 saturated heterocycles. The molecule has 0 atom stereocenters. The molecule has 1 fully saturated rings. The van der Waals surface area contributed by atoms with Crippen molar-refractivity contribution in [2.24, 2.45) is 5.73 Å². The van der Waals surface area contributed by atoms with E-state index in [1.807, 2.05) is 6.07 Å². The van der Waals surface area contributed by atoms with Gasteiger partial charge in [0, 0.05) is 0 Å². The van der Waals surface area contributed by atoms with Crippen molar-refractivity contribution in [3.8, 4) is 5.75 Å². The molecule has 0 aliphatic heterocycles. The van der Waals surface area contributed by atoms with E-state index in [0.29, 0.717) is 5.41 Å². The van der Waals surface area contributed by atoms with E-state index in [2.05, 4.69) is 28.1 Å². The van der Waals surface area contributed by atoms with Gasteiger partial charge in [0.15, 0.2) is 0 Å². The van der Waals surface area contributed by atoms with Gasteiger partial charge in [0.1, 0.15) is 5.75 Å². The Labute approximate surface area is 105 Å². The zero-order valence-corrected chi connectivity index (χ0v) is 11.2. The first-order valence-electron chi connectivity index (χ1n) is 5.76. The number of nitrogens with two attached hydrogens (primary N) is 1. The highest BCUT2D eigenvalue weighted by atomic mass is 79.9. The molecule has 0 bridgehead atoms. The first-order valence-corrected chi connectivity index (χ1v) is 6.56. The smallest absolute Gasteiger partial charge is 0.133 e. The molecule has 0 heterocycles. The Kier molecular flexibility index (Phi) is 3.55. The molecular weight excluding hydrogens is 266 g/mol. The van der Waals surface area contributed by atoms with Gasteiger partial charge in [0.2, 0.25) is 0 Å². The second kappa shape index (κ2) is 4.76. The summed E-state index contributed by atoms with van der Waals surface area (Å²) in [6, 6.07) is 6.25. The molecule has 88 valence electrons. The van der Waals surface area contributed by atoms with Gasteiger partial charge in [0.25, 0.3) is 0 Å². The van der Waals surface area contributed by atoms with Crippen LogP contribution in [0.3, 0.4) is 0 Å². The van der Waals surface area contributed by atoms with Gasteiger partial charge in [-0.2, -0.15) is 0 Å². The molecule has 0 spiro atoms. The Hall–Kier alpha value is -0.540. The lowest BCUT2D eigenvalue weighted by Crippen LogP contribution is -2.36. The van der Waals surface area contributed by atoms with Crippen molar-refractivity contribution in [2.45, 2.75) is 31.1 Å². The Morgan fingerprint density at radius 2 is 2.19 bits per heavy atom. The van der Waals surface area contributed by atoms with Crippen LogP contribution >= 0.6 is 15.9 Å². The summed E-state index contributed by atoms with van der Waals surface area (Å²) >= 11 is 3.66. The van der Waals surface area contributed by atoms with Gasteiger partial charge in [-0.15, -0.1) is 0 Å². The normalized spacial score (nSPS) is 17.9. The molecule has 3 heteroatoms. The zero-order valence-electron chi connectivity index (χ0n) is 9.63. The second-order valence-corrected chi connectivity index (χ2v) is 5.29. The van der Waals surface area contributed by atoms with E-state index in [-0.39, 0.29) is 0 Å². The fourth-order valence-corrected chi connectivity index (χ4v) is 3.46. The molecule has 2 rings (SSSR count). The van der Waals surface area contributed by atoms with Crippen LogP contribution in [0.5, 0.6) is 5.75 Å². The molecule has 1 aliphatic rings. The van der Waals surface area contributed by atoms with E-state index in [0.717, 1.165) is 23.2 Å². The van der Waals surface area contributed by atoms with Crippen LogP contribution in [0.2, 0.25) is 0 Å². The molecule has 0 amide bonds. The quantitative estimate of drug-likeness (QED) is 0.921. The highest BCUT2D eigenvalue weighted by Crippen LogP contribution is 2.50. The van der Waals surface area contributed by atoms with Gasteiger partial charge in [-0.05, 0) is 58.8 Å². The fourth-order valence-electron chi connectivity index (χ4n) is 2.61. The predicted octanol–water partition coefficient (Wildman–Crippen LogP) is 3.23. The molecule has 1 aromatic carbocycles. The molecule has 1 aliphatic carbocycles. The standard InChI is InChI=1S/C13H18BrNO/c1-16-11-5-2-4-10(12(11)14)13(8-9-15)6-3-7-13/h2,4-5H,3,6-9,15H2,1H3. The van der Waals surface area contributed by atoms with Crippen molar-refractivity contribution < 1.29 is 4.74 Å². The van der Waals surface area contributed by atoms with Crippen molar-refractivity contribution in [3.63, 3.8) is 0 Å². The maximum absolute atomic E-state index is 5.74. The number of rotatable bonds is 4. The lowest BCUT2D eigenvalue weighted by atomic mass is 9.62. The van der Waals surface area contributed by atoms with Crippen LogP contribution < -0.4 is 10.5 Å². The van der Waals surface area contributed by atoms with E-state index < -0.39 is 0 Å². The van der Waals surface area contributed by atoms with Crippen molar-refractivity contribution in [2.75, 3.05) is 13.7 Å². The molecule has 1 saturated carbocycles. The molecule has 2 N–H and O–H groups in total. The average Bonchev–Trinajstić information content (AvgIpc) is 2.24. The van der Waals surface area contributed by atoms with Crippen LogP contribution in [0.25, 0.3) is 0 Å². The van der Waals surface area contributed by atoms with Gasteiger partial charge >= 0.3 is 0 Å². The summed E-state index contributed by atoms with van der Waals surface area (Å²) in [5.41, 5.74) is 7.39. The largest absolute Gasteiger partial charge is 0.496 e. The molecule has 16 heavy (non-hydrogen) atoms. The molecule has 0 aromatic heterocycles. The minimum Gasteiger partial charge on any atom is -0.496 e. The summed E-state index contributed by atoms with van der Waals surface area (Å²) < 4.78 is 6.45. The zero-order chi connectivity index (χ0) is 11.6. The van der Waals surface area contributed by atoms with E-state index in [1.165, 1.54) is 24.8 Å². The maximum Gasteiger partial charge on any atom is 0.133 e. The lowest BCUT2D eigenvalue weighted by molar-refractivity contribution is 0.227. The Bertz CT molecular complexity index is 374. The summed E-state index contributed by atoms with van der Waals surface area (Å²) in [4.78, 5) is 0. The monoisotopic (exact) mass is 283 g/mol. The highest BCUT2D eigenvalue weighted by Gasteiger charge is 2.39. The van der Waals surface area contributed by atoms with Gasteiger partial charge < -0.3 is 10.5 Å². The first-order chi connectivity index (χ1) is 7.73. The van der Waals surface area contributed by atoms with Crippen LogP contribution in [-0.2, 0) is 5.41 Å². The fraction of sp³-hybridized carbons (Fsp3) is 0.538. The number of methoxy groups -OCH3 is 1. The van der Waals surface area contributed by atoms with Gasteiger partial charge in [0.05, 0.1) is 11.6 Å². The van der Waals surface area contributed by atoms with E-state index in [1.54, 1.807) is 7.11 Å². The van der Waals surface area contributed by atoms with Crippen molar-refractivity contribution in [3.05, 3.63) is 28.2 Å². The second-order valence-electron chi connectivity index (χ2n) is 4.49. The number of benzene rings is 1. The summed E-state index contributed by atoms with van der Waals surface area (Å²) in [5.74, 6) is 0.917. The number of ether oxygens (including phenoxy) is 1. The first kappa shape index (κ1) is 11.9. The summed E-state index contributed by atoms with van der Waals surface area (Å²) in [6.07, 6.45) is 4.87. The van der Waals surface area contributed by atoms with E-state index >= 15 is 0 Å². The minimum atomic E-state index is 0.294. The molecular formula is C13H18BrNO. The number of hydrogen-bond donors (Lipinski definition) is 1. The van der Waals surface area contributed by atoms with E-state index in [9.17, 15) is 0 Å². The van der Waals surface area contributed by atoms with Crippen molar-refractivity contribution in [1.82, 2.24) is 0 Å². The van der Waals surface area contributed by atoms with Crippen LogP contribution in [0.4, 0.5) is 0 Å². The van der Waals surface area contributed by atoms with Gasteiger partial charge in [-0.25, -0.2) is 0 Å². The van der Waals surface area contributed by atoms with Crippen molar-refractivity contribution in [1.29, 1.82) is 0 Å². The summed E-state index contributed by atoms with van der Waals surface area (Å²) in [7, 11) is 1.71. The average molecular weight is 284 g/mol. The van der Waals surface area contributed by atoms with Crippen LogP contribution in [0, 0.1) is 0 Å². The summed E-state index contributed by atoms with van der Waals surface area (Å²) in [6.45, 7) is 0.754. The third kappa shape index (κ3) is 1.87. The molecule has 2 nitrogen and oxygen atoms in total. The molecule has 1 aromatic rings. The molecule has 0 unspecified atom stereocenters. The van der Waals surface area contributed by atoms with Gasteiger partial charge in [-0.3, -0.25) is 0 Å². The number of halogens is 1. The van der Waals surface area contributed by atoms with Crippen LogP contribution in [0.15, 0.2) is 22.7 Å². The third-order valence-electron chi connectivity index (χ3n) is 3.69. The van der Waals surface area contributed by atoms with Crippen LogP contribution in [-0.4, -0.2) is 13.7 Å². The minimum absolute atomic E-state index is 0.294. The molecule has 0 radical (unpaired) electrons. The predicted molar refractivity (Wildman–Crippen MR) is 69.9 cm³/mol. The van der Waals surface area contributed by atoms with Crippen LogP contribution in [0.1, 0.15) is 31.2 Å². The number of hydrogen-bond acceptors (Lipinski definition) is 2. The highest BCUT2D eigenvalue weighted by molar-refractivity contribution is 9.10. The maximum atomic E-state index is 5.74. The van der Waals surface area contributed by atoms with Gasteiger partial charge in [-0.1, -0.05) is 18.6 Å². The summed E-state index contributed by atoms with van der Waals surface area (Å²) in [5, 5.41) is 0. The Morgan fingerprint density at radius 3 is 2.69 bits per heavy atom. The third-order valence-corrected chi connectivity index (χ3v) is 4.51.